The molecule has 1 aliphatic heterocycles. The van der Waals surface area contributed by atoms with E-state index in [1.807, 2.05) is 30.3 Å². The Morgan fingerprint density at radius 3 is 3.14 bits per heavy atom. The summed E-state index contributed by atoms with van der Waals surface area (Å²) in [6, 6.07) is 9.69. The van der Waals surface area contributed by atoms with Crippen molar-refractivity contribution in [2.24, 2.45) is 0 Å². The number of aromatic nitrogens is 3. The zero-order chi connectivity index (χ0) is 18.9. The molecular formula is C20H19N5O2S. The summed E-state index contributed by atoms with van der Waals surface area (Å²) in [5.41, 5.74) is 3.01. The first kappa shape index (κ1) is 17.2. The van der Waals surface area contributed by atoms with Gasteiger partial charge in [-0.05, 0) is 30.7 Å². The van der Waals surface area contributed by atoms with E-state index >= 15 is 0 Å². The first-order valence-corrected chi connectivity index (χ1v) is 9.94. The van der Waals surface area contributed by atoms with Crippen molar-refractivity contribution < 1.29 is 9.26 Å². The van der Waals surface area contributed by atoms with Crippen molar-refractivity contribution in [3.05, 3.63) is 52.9 Å². The first-order chi connectivity index (χ1) is 13.8. The lowest BCUT2D eigenvalue weighted by Gasteiger charge is -2.13. The molecule has 0 amide bonds. The highest BCUT2D eigenvalue weighted by Crippen LogP contribution is 2.35. The van der Waals surface area contributed by atoms with Gasteiger partial charge in [-0.1, -0.05) is 17.3 Å². The van der Waals surface area contributed by atoms with Gasteiger partial charge in [-0.25, -0.2) is 9.97 Å². The molecule has 0 atom stereocenters. The van der Waals surface area contributed by atoms with Crippen LogP contribution < -0.4 is 15.4 Å². The Morgan fingerprint density at radius 1 is 1.29 bits per heavy atom. The second kappa shape index (κ2) is 7.21. The number of hydrogen-bond donors (Lipinski definition) is 2. The molecule has 4 heterocycles. The standard InChI is InChI=1S/C20H19N5O2S/c1-26-16-5-3-2-4-13(16)15-8-12(27-25-15)9-22-19-18-14-6-7-21-10-17(14)28-20(18)24-11-23-19/h2-5,8,11,21H,6-7,9-10H2,1H3,(H,22,23,24). The van der Waals surface area contributed by atoms with E-state index in [1.54, 1.807) is 24.8 Å². The highest BCUT2D eigenvalue weighted by atomic mass is 32.1. The second-order valence-corrected chi connectivity index (χ2v) is 7.65. The number of fused-ring (bicyclic) bond motifs is 3. The Hall–Kier alpha value is -2.97. The minimum absolute atomic E-state index is 0.497. The summed E-state index contributed by atoms with van der Waals surface area (Å²) in [7, 11) is 1.65. The largest absolute Gasteiger partial charge is 0.496 e. The molecule has 7 nitrogen and oxygen atoms in total. The average molecular weight is 393 g/mol. The summed E-state index contributed by atoms with van der Waals surface area (Å²) in [5.74, 6) is 2.35. The fourth-order valence-corrected chi connectivity index (χ4v) is 4.70. The minimum Gasteiger partial charge on any atom is -0.496 e. The van der Waals surface area contributed by atoms with Gasteiger partial charge in [-0.2, -0.15) is 0 Å². The summed E-state index contributed by atoms with van der Waals surface area (Å²) < 4.78 is 10.9. The highest BCUT2D eigenvalue weighted by Gasteiger charge is 2.20. The number of benzene rings is 1. The van der Waals surface area contributed by atoms with Crippen LogP contribution in [0.4, 0.5) is 5.82 Å². The van der Waals surface area contributed by atoms with Crippen molar-refractivity contribution in [1.82, 2.24) is 20.4 Å². The van der Waals surface area contributed by atoms with Crippen LogP contribution in [0.3, 0.4) is 0 Å². The van der Waals surface area contributed by atoms with Crippen LogP contribution in [-0.2, 0) is 19.5 Å². The van der Waals surface area contributed by atoms with Crippen molar-refractivity contribution in [3.8, 4) is 17.0 Å². The van der Waals surface area contributed by atoms with Gasteiger partial charge < -0.3 is 19.9 Å². The fraction of sp³-hybridized carbons (Fsp3) is 0.250. The maximum absolute atomic E-state index is 5.53. The van der Waals surface area contributed by atoms with Gasteiger partial charge in [0.1, 0.15) is 28.4 Å². The minimum atomic E-state index is 0.497. The number of rotatable bonds is 5. The smallest absolute Gasteiger partial charge is 0.156 e. The Bertz CT molecular complexity index is 1140. The third kappa shape index (κ3) is 3.00. The van der Waals surface area contributed by atoms with E-state index in [-0.39, 0.29) is 0 Å². The maximum atomic E-state index is 5.53. The van der Waals surface area contributed by atoms with Crippen LogP contribution in [0.15, 0.2) is 41.2 Å². The summed E-state index contributed by atoms with van der Waals surface area (Å²) in [4.78, 5) is 11.3. The average Bonchev–Trinajstić information content (AvgIpc) is 3.37. The number of methoxy groups -OCH3 is 1. The van der Waals surface area contributed by atoms with Gasteiger partial charge in [0.15, 0.2) is 5.76 Å². The molecule has 0 radical (unpaired) electrons. The van der Waals surface area contributed by atoms with Crippen LogP contribution in [0.1, 0.15) is 16.2 Å². The van der Waals surface area contributed by atoms with E-state index in [4.69, 9.17) is 9.26 Å². The molecule has 3 aromatic heterocycles. The molecule has 0 bridgehead atoms. The molecule has 1 aliphatic rings. The van der Waals surface area contributed by atoms with Gasteiger partial charge in [0.25, 0.3) is 0 Å². The highest BCUT2D eigenvalue weighted by molar-refractivity contribution is 7.18. The molecule has 0 saturated carbocycles. The molecule has 28 heavy (non-hydrogen) atoms. The lowest BCUT2D eigenvalue weighted by Crippen LogP contribution is -2.22. The molecule has 5 rings (SSSR count). The lowest BCUT2D eigenvalue weighted by atomic mass is 10.1. The monoisotopic (exact) mass is 393 g/mol. The molecule has 0 fully saturated rings. The van der Waals surface area contributed by atoms with Crippen LogP contribution in [-0.4, -0.2) is 28.8 Å². The Morgan fingerprint density at radius 2 is 2.21 bits per heavy atom. The van der Waals surface area contributed by atoms with Gasteiger partial charge in [0, 0.05) is 23.1 Å². The third-order valence-electron chi connectivity index (χ3n) is 4.88. The van der Waals surface area contributed by atoms with E-state index in [9.17, 15) is 0 Å². The molecule has 0 unspecified atom stereocenters. The number of thiophene rings is 1. The number of ether oxygens (including phenoxy) is 1. The number of hydrogen-bond acceptors (Lipinski definition) is 8. The zero-order valence-electron chi connectivity index (χ0n) is 15.4. The maximum Gasteiger partial charge on any atom is 0.156 e. The van der Waals surface area contributed by atoms with Crippen LogP contribution >= 0.6 is 11.3 Å². The molecule has 142 valence electrons. The fourth-order valence-electron chi connectivity index (χ4n) is 3.54. The van der Waals surface area contributed by atoms with E-state index in [0.29, 0.717) is 6.54 Å². The van der Waals surface area contributed by atoms with E-state index in [0.717, 1.165) is 58.3 Å². The van der Waals surface area contributed by atoms with Crippen molar-refractivity contribution in [3.63, 3.8) is 0 Å². The van der Waals surface area contributed by atoms with Gasteiger partial charge >= 0.3 is 0 Å². The molecule has 0 spiro atoms. The molecule has 8 heteroatoms. The number of anilines is 1. The third-order valence-corrected chi connectivity index (χ3v) is 6.02. The predicted octanol–water partition coefficient (Wildman–Crippen LogP) is 3.61. The molecule has 2 N–H and O–H groups in total. The summed E-state index contributed by atoms with van der Waals surface area (Å²) in [6.07, 6.45) is 2.61. The quantitative estimate of drug-likeness (QED) is 0.536. The molecule has 0 aliphatic carbocycles. The normalized spacial score (nSPS) is 13.5. The van der Waals surface area contributed by atoms with Crippen molar-refractivity contribution in [2.75, 3.05) is 19.0 Å². The Balaban J connectivity index is 1.40. The molecular weight excluding hydrogens is 374 g/mol. The summed E-state index contributed by atoms with van der Waals surface area (Å²) in [6.45, 7) is 2.38. The van der Waals surface area contributed by atoms with Crippen LogP contribution in [0, 0.1) is 0 Å². The topological polar surface area (TPSA) is 85.1 Å². The SMILES string of the molecule is COc1ccccc1-c1cc(CNc2ncnc3sc4c(c23)CCNC4)on1. The van der Waals surface area contributed by atoms with Crippen molar-refractivity contribution in [1.29, 1.82) is 0 Å². The molecule has 4 aromatic rings. The number of nitrogens with zero attached hydrogens (tertiary/aromatic N) is 3. The van der Waals surface area contributed by atoms with Crippen LogP contribution in [0.25, 0.3) is 21.5 Å². The van der Waals surface area contributed by atoms with Gasteiger partial charge in [0.05, 0.1) is 19.0 Å². The van der Waals surface area contributed by atoms with E-state index in [1.165, 1.54) is 10.4 Å². The van der Waals surface area contributed by atoms with Gasteiger partial charge in [-0.3, -0.25) is 0 Å². The summed E-state index contributed by atoms with van der Waals surface area (Å²) in [5, 5.41) is 12.1. The molecule has 1 aromatic carbocycles. The lowest BCUT2D eigenvalue weighted by molar-refractivity contribution is 0.388. The van der Waals surface area contributed by atoms with Gasteiger partial charge in [0.2, 0.25) is 0 Å². The van der Waals surface area contributed by atoms with Crippen molar-refractivity contribution in [2.45, 2.75) is 19.5 Å². The Labute approximate surface area is 165 Å². The van der Waals surface area contributed by atoms with Crippen molar-refractivity contribution >= 4 is 27.4 Å². The van der Waals surface area contributed by atoms with Gasteiger partial charge in [-0.15, -0.1) is 11.3 Å². The molecule has 0 saturated heterocycles. The zero-order valence-corrected chi connectivity index (χ0v) is 16.2. The first-order valence-electron chi connectivity index (χ1n) is 9.12. The second-order valence-electron chi connectivity index (χ2n) is 6.57. The summed E-state index contributed by atoms with van der Waals surface area (Å²) >= 11 is 1.74. The Kier molecular flexibility index (Phi) is 4.42. The van der Waals surface area contributed by atoms with Crippen LogP contribution in [0.5, 0.6) is 5.75 Å². The van der Waals surface area contributed by atoms with Crippen LogP contribution in [0.2, 0.25) is 0 Å². The van der Waals surface area contributed by atoms with E-state index < -0.39 is 0 Å². The van der Waals surface area contributed by atoms with E-state index in [2.05, 4.69) is 25.8 Å². The number of para-hydroxylation sites is 1. The number of nitrogens with one attached hydrogen (secondary N) is 2. The predicted molar refractivity (Wildman–Crippen MR) is 109 cm³/mol.